The average molecular weight is 424 g/mol. The van der Waals surface area contributed by atoms with Crippen molar-refractivity contribution in [1.82, 2.24) is 14.9 Å². The summed E-state index contributed by atoms with van der Waals surface area (Å²) in [5, 5.41) is 10.9. The predicted molar refractivity (Wildman–Crippen MR) is 114 cm³/mol. The summed E-state index contributed by atoms with van der Waals surface area (Å²) in [6.07, 6.45) is 1.73. The van der Waals surface area contributed by atoms with Gasteiger partial charge in [0.05, 0.1) is 15.5 Å². The summed E-state index contributed by atoms with van der Waals surface area (Å²) in [6, 6.07) is 15.5. The summed E-state index contributed by atoms with van der Waals surface area (Å²) in [4.78, 5) is 35.9. The molecule has 1 aromatic heterocycles. The van der Waals surface area contributed by atoms with Crippen molar-refractivity contribution in [3.8, 4) is 11.4 Å². The fourth-order valence-electron chi connectivity index (χ4n) is 3.35. The third-order valence-corrected chi connectivity index (χ3v) is 5.27. The summed E-state index contributed by atoms with van der Waals surface area (Å²) < 4.78 is 0. The van der Waals surface area contributed by atoms with Crippen molar-refractivity contribution in [1.29, 1.82) is 0 Å². The lowest BCUT2D eigenvalue weighted by atomic mass is 10.1. The standard InChI is InChI=1S/C21H18ClN5O3/c22-18-14-16(27(29)30)6-7-17(18)21(28)26-12-10-25(11-13-26)19-8-9-23-20(24-19)15-4-2-1-3-5-15/h1-9,14H,10-13H2. The van der Waals surface area contributed by atoms with Gasteiger partial charge in [0.1, 0.15) is 5.82 Å². The summed E-state index contributed by atoms with van der Waals surface area (Å²) >= 11 is 6.11. The van der Waals surface area contributed by atoms with Crippen LogP contribution in [0.25, 0.3) is 11.4 Å². The molecule has 0 saturated carbocycles. The Kier molecular flexibility index (Phi) is 5.58. The Morgan fingerprint density at radius 1 is 1.03 bits per heavy atom. The minimum atomic E-state index is -0.537. The van der Waals surface area contributed by atoms with Crippen LogP contribution in [0.15, 0.2) is 60.8 Å². The number of amides is 1. The van der Waals surface area contributed by atoms with Crippen LogP contribution in [0.4, 0.5) is 11.5 Å². The highest BCUT2D eigenvalue weighted by molar-refractivity contribution is 6.34. The molecule has 1 aliphatic rings. The first kappa shape index (κ1) is 19.8. The van der Waals surface area contributed by atoms with Crippen molar-refractivity contribution in [2.45, 2.75) is 0 Å². The van der Waals surface area contributed by atoms with E-state index >= 15 is 0 Å². The zero-order valence-corrected chi connectivity index (χ0v) is 16.7. The van der Waals surface area contributed by atoms with Crippen LogP contribution < -0.4 is 4.90 Å². The Bertz CT molecular complexity index is 1090. The summed E-state index contributed by atoms with van der Waals surface area (Å²) in [5.74, 6) is 1.23. The summed E-state index contributed by atoms with van der Waals surface area (Å²) in [6.45, 7) is 2.22. The number of carbonyl (C=O) groups excluding carboxylic acids is 1. The minimum absolute atomic E-state index is 0.0833. The van der Waals surface area contributed by atoms with E-state index in [1.165, 1.54) is 18.2 Å². The summed E-state index contributed by atoms with van der Waals surface area (Å²) in [5.41, 5.74) is 1.07. The lowest BCUT2D eigenvalue weighted by molar-refractivity contribution is -0.384. The number of nitrogens with zero attached hydrogens (tertiary/aromatic N) is 5. The van der Waals surface area contributed by atoms with Gasteiger partial charge >= 0.3 is 0 Å². The maximum absolute atomic E-state index is 12.8. The Balaban J connectivity index is 1.44. The number of nitro groups is 1. The van der Waals surface area contributed by atoms with E-state index in [-0.39, 0.29) is 22.2 Å². The molecule has 0 bridgehead atoms. The molecule has 4 rings (SSSR count). The number of piperazine rings is 1. The fourth-order valence-corrected chi connectivity index (χ4v) is 3.61. The van der Waals surface area contributed by atoms with Crippen LogP contribution in [0.5, 0.6) is 0 Å². The molecular formula is C21H18ClN5O3. The topological polar surface area (TPSA) is 92.5 Å². The third-order valence-electron chi connectivity index (χ3n) is 4.96. The van der Waals surface area contributed by atoms with Crippen LogP contribution in [0, 0.1) is 10.1 Å². The van der Waals surface area contributed by atoms with Crippen LogP contribution in [0.1, 0.15) is 10.4 Å². The third kappa shape index (κ3) is 4.08. The number of nitro benzene ring substituents is 1. The molecule has 3 aromatic rings. The molecule has 1 saturated heterocycles. The quantitative estimate of drug-likeness (QED) is 0.469. The molecule has 1 fully saturated rings. The van der Waals surface area contributed by atoms with Crippen molar-refractivity contribution in [2.75, 3.05) is 31.1 Å². The van der Waals surface area contributed by atoms with Crippen molar-refractivity contribution in [2.24, 2.45) is 0 Å². The van der Waals surface area contributed by atoms with E-state index in [0.29, 0.717) is 32.0 Å². The first-order valence-electron chi connectivity index (χ1n) is 9.39. The SMILES string of the molecule is O=C(c1ccc([N+](=O)[O-])cc1Cl)N1CCN(c2ccnc(-c3ccccc3)n2)CC1. The molecule has 30 heavy (non-hydrogen) atoms. The van der Waals surface area contributed by atoms with Gasteiger partial charge in [-0.3, -0.25) is 14.9 Å². The van der Waals surface area contributed by atoms with Crippen LogP contribution in [-0.2, 0) is 0 Å². The second-order valence-corrected chi connectivity index (χ2v) is 7.21. The van der Waals surface area contributed by atoms with E-state index in [4.69, 9.17) is 11.6 Å². The van der Waals surface area contributed by atoms with Crippen LogP contribution in [0.3, 0.4) is 0 Å². The number of hydrogen-bond acceptors (Lipinski definition) is 6. The number of anilines is 1. The maximum Gasteiger partial charge on any atom is 0.270 e. The molecule has 1 amide bonds. The average Bonchev–Trinajstić information content (AvgIpc) is 2.79. The lowest BCUT2D eigenvalue weighted by Crippen LogP contribution is -2.49. The van der Waals surface area contributed by atoms with Crippen molar-refractivity contribution >= 4 is 29.0 Å². The van der Waals surface area contributed by atoms with Gasteiger partial charge < -0.3 is 9.80 Å². The molecule has 0 atom stereocenters. The molecule has 0 aliphatic carbocycles. The van der Waals surface area contributed by atoms with Gasteiger partial charge in [-0.1, -0.05) is 41.9 Å². The first-order valence-corrected chi connectivity index (χ1v) is 9.77. The monoisotopic (exact) mass is 423 g/mol. The number of rotatable bonds is 4. The zero-order valence-electron chi connectivity index (χ0n) is 15.9. The Hall–Kier alpha value is -3.52. The normalized spacial score (nSPS) is 13.9. The Morgan fingerprint density at radius 3 is 2.43 bits per heavy atom. The van der Waals surface area contributed by atoms with E-state index in [2.05, 4.69) is 14.9 Å². The van der Waals surface area contributed by atoms with Crippen LogP contribution >= 0.6 is 11.6 Å². The smallest absolute Gasteiger partial charge is 0.270 e. The van der Waals surface area contributed by atoms with Gasteiger partial charge in [-0.05, 0) is 12.1 Å². The molecule has 0 N–H and O–H groups in total. The number of carbonyl (C=O) groups is 1. The van der Waals surface area contributed by atoms with E-state index in [9.17, 15) is 14.9 Å². The second-order valence-electron chi connectivity index (χ2n) is 6.80. The fraction of sp³-hybridized carbons (Fsp3) is 0.190. The lowest BCUT2D eigenvalue weighted by Gasteiger charge is -2.35. The van der Waals surface area contributed by atoms with Gasteiger partial charge in [-0.25, -0.2) is 9.97 Å². The first-order chi connectivity index (χ1) is 14.5. The number of aromatic nitrogens is 2. The number of halogens is 1. The second kappa shape index (κ2) is 8.46. The van der Waals surface area contributed by atoms with Crippen molar-refractivity contribution < 1.29 is 9.72 Å². The minimum Gasteiger partial charge on any atom is -0.353 e. The molecule has 0 radical (unpaired) electrons. The van der Waals surface area contributed by atoms with E-state index in [1.54, 1.807) is 11.1 Å². The van der Waals surface area contributed by atoms with Crippen molar-refractivity contribution in [3.63, 3.8) is 0 Å². The Labute approximate surface area is 177 Å². The van der Waals surface area contributed by atoms with Gasteiger partial charge in [0.15, 0.2) is 5.82 Å². The van der Waals surface area contributed by atoms with Gasteiger partial charge in [0.2, 0.25) is 0 Å². The van der Waals surface area contributed by atoms with E-state index in [1.807, 2.05) is 36.4 Å². The highest BCUT2D eigenvalue weighted by Crippen LogP contribution is 2.25. The molecule has 2 aromatic carbocycles. The van der Waals surface area contributed by atoms with Gasteiger partial charge in [-0.15, -0.1) is 0 Å². The van der Waals surface area contributed by atoms with E-state index in [0.717, 1.165) is 11.4 Å². The maximum atomic E-state index is 12.8. The summed E-state index contributed by atoms with van der Waals surface area (Å²) in [7, 11) is 0. The van der Waals surface area contributed by atoms with Crippen molar-refractivity contribution in [3.05, 3.63) is 81.5 Å². The molecule has 8 nitrogen and oxygen atoms in total. The highest BCUT2D eigenvalue weighted by Gasteiger charge is 2.25. The molecule has 0 unspecified atom stereocenters. The largest absolute Gasteiger partial charge is 0.353 e. The van der Waals surface area contributed by atoms with Crippen LogP contribution in [-0.4, -0.2) is 51.9 Å². The molecule has 9 heteroatoms. The van der Waals surface area contributed by atoms with Gasteiger partial charge in [0.25, 0.3) is 11.6 Å². The number of hydrogen-bond donors (Lipinski definition) is 0. The zero-order chi connectivity index (χ0) is 21.1. The highest BCUT2D eigenvalue weighted by atomic mass is 35.5. The molecule has 0 spiro atoms. The van der Waals surface area contributed by atoms with Crippen LogP contribution in [0.2, 0.25) is 5.02 Å². The number of non-ortho nitro benzene ring substituents is 1. The van der Waals surface area contributed by atoms with E-state index < -0.39 is 4.92 Å². The Morgan fingerprint density at radius 2 is 1.77 bits per heavy atom. The molecule has 152 valence electrons. The predicted octanol–water partition coefficient (Wildman–Crippen LogP) is 3.67. The molecular weight excluding hydrogens is 406 g/mol. The van der Waals surface area contributed by atoms with Gasteiger partial charge in [-0.2, -0.15) is 0 Å². The molecule has 1 aliphatic heterocycles. The molecule has 2 heterocycles. The number of benzene rings is 2. The van der Waals surface area contributed by atoms with Gasteiger partial charge in [0, 0.05) is 50.1 Å².